The first-order valence-electron chi connectivity index (χ1n) is 7.66. The highest BCUT2D eigenvalue weighted by molar-refractivity contribution is 9.10. The average Bonchev–Trinajstić information content (AvgIpc) is 3.39. The number of nitrogens with one attached hydrogen (secondary N) is 1. The molecule has 1 saturated carbocycles. The molecule has 2 N–H and O–H groups in total. The summed E-state index contributed by atoms with van der Waals surface area (Å²) in [5.41, 5.74) is 0.348. The van der Waals surface area contributed by atoms with Crippen LogP contribution in [-0.4, -0.2) is 33.1 Å². The molecule has 0 saturated heterocycles. The van der Waals surface area contributed by atoms with Crippen molar-refractivity contribution in [3.63, 3.8) is 0 Å². The third kappa shape index (κ3) is 3.79. The summed E-state index contributed by atoms with van der Waals surface area (Å²) in [6, 6.07) is 5.80. The van der Waals surface area contributed by atoms with Crippen molar-refractivity contribution in [3.05, 3.63) is 46.6 Å². The fourth-order valence-corrected chi connectivity index (χ4v) is 2.84. The van der Waals surface area contributed by atoms with Gasteiger partial charge in [0, 0.05) is 12.1 Å². The zero-order valence-electron chi connectivity index (χ0n) is 13.1. The first kappa shape index (κ1) is 17.0. The van der Waals surface area contributed by atoms with Crippen LogP contribution in [0.25, 0.3) is 11.3 Å². The fraction of sp³-hybridized carbons (Fsp3) is 0.353. The number of rotatable bonds is 5. The molecule has 1 fully saturated rings. The van der Waals surface area contributed by atoms with Crippen LogP contribution in [0.1, 0.15) is 30.3 Å². The maximum absolute atomic E-state index is 13.0. The van der Waals surface area contributed by atoms with Gasteiger partial charge in [-0.3, -0.25) is 4.79 Å². The predicted octanol–water partition coefficient (Wildman–Crippen LogP) is 2.94. The average molecular weight is 394 g/mol. The van der Waals surface area contributed by atoms with Crippen LogP contribution in [0.3, 0.4) is 0 Å². The Labute approximate surface area is 147 Å². The molecule has 0 unspecified atom stereocenters. The van der Waals surface area contributed by atoms with Crippen LogP contribution in [0.5, 0.6) is 0 Å². The number of aliphatic hydroxyl groups is 1. The molecule has 1 aromatic heterocycles. The Kier molecular flexibility index (Phi) is 4.64. The van der Waals surface area contributed by atoms with Crippen molar-refractivity contribution >= 4 is 21.8 Å². The van der Waals surface area contributed by atoms with E-state index in [1.54, 1.807) is 19.1 Å². The Morgan fingerprint density at radius 3 is 2.71 bits per heavy atom. The standard InChI is InChI=1S/C17H17BrFN3O2/c1-17(24,11-4-5-11)9-21-16(23)14-15(18)20-8-13(22-14)10-2-6-12(19)7-3-10/h2-3,6-8,11,24H,4-5,9H2,1H3,(H,21,23)/t17-/m0/s1. The molecule has 1 aliphatic carbocycles. The quantitative estimate of drug-likeness (QED) is 0.818. The molecule has 126 valence electrons. The number of aromatic nitrogens is 2. The van der Waals surface area contributed by atoms with Crippen molar-refractivity contribution in [1.82, 2.24) is 15.3 Å². The van der Waals surface area contributed by atoms with Crippen LogP contribution < -0.4 is 5.32 Å². The zero-order chi connectivity index (χ0) is 17.3. The van der Waals surface area contributed by atoms with Gasteiger partial charge in [0.1, 0.15) is 10.4 Å². The summed E-state index contributed by atoms with van der Waals surface area (Å²) in [4.78, 5) is 20.8. The minimum absolute atomic E-state index is 0.128. The topological polar surface area (TPSA) is 75.1 Å². The first-order valence-corrected chi connectivity index (χ1v) is 8.45. The SMILES string of the molecule is C[C@](O)(CNC(=O)c1nc(-c2ccc(F)cc2)cnc1Br)C1CC1. The van der Waals surface area contributed by atoms with E-state index in [1.807, 2.05) is 0 Å². The van der Waals surface area contributed by atoms with Gasteiger partial charge in [-0.15, -0.1) is 0 Å². The van der Waals surface area contributed by atoms with Crippen molar-refractivity contribution in [3.8, 4) is 11.3 Å². The molecule has 1 aromatic carbocycles. The molecule has 5 nitrogen and oxygen atoms in total. The van der Waals surface area contributed by atoms with Gasteiger partial charge in [0.2, 0.25) is 0 Å². The molecule has 0 bridgehead atoms. The highest BCUT2D eigenvalue weighted by atomic mass is 79.9. The second-order valence-corrected chi connectivity index (χ2v) is 6.97. The zero-order valence-corrected chi connectivity index (χ0v) is 14.7. The van der Waals surface area contributed by atoms with E-state index in [9.17, 15) is 14.3 Å². The van der Waals surface area contributed by atoms with Crippen LogP contribution in [0, 0.1) is 11.7 Å². The van der Waals surface area contributed by atoms with E-state index < -0.39 is 11.5 Å². The second kappa shape index (κ2) is 6.57. The predicted molar refractivity (Wildman–Crippen MR) is 90.8 cm³/mol. The van der Waals surface area contributed by atoms with Crippen LogP contribution in [0.15, 0.2) is 35.1 Å². The minimum atomic E-state index is -0.913. The number of amides is 1. The van der Waals surface area contributed by atoms with Crippen molar-refractivity contribution in [2.75, 3.05) is 6.54 Å². The maximum atomic E-state index is 13.0. The highest BCUT2D eigenvalue weighted by Crippen LogP contribution is 2.39. The van der Waals surface area contributed by atoms with Gasteiger partial charge in [-0.2, -0.15) is 0 Å². The smallest absolute Gasteiger partial charge is 0.272 e. The largest absolute Gasteiger partial charge is 0.388 e. The molecular weight excluding hydrogens is 377 g/mol. The second-order valence-electron chi connectivity index (χ2n) is 6.22. The number of benzene rings is 1. The van der Waals surface area contributed by atoms with Crippen LogP contribution >= 0.6 is 15.9 Å². The lowest BCUT2D eigenvalue weighted by molar-refractivity contribution is 0.0353. The molecular formula is C17H17BrFN3O2. The Bertz CT molecular complexity index is 761. The van der Waals surface area contributed by atoms with E-state index in [0.29, 0.717) is 15.9 Å². The summed E-state index contributed by atoms with van der Waals surface area (Å²) < 4.78 is 13.3. The van der Waals surface area contributed by atoms with Gasteiger partial charge in [0.25, 0.3) is 5.91 Å². The summed E-state index contributed by atoms with van der Waals surface area (Å²) >= 11 is 3.22. The number of halogens is 2. The van der Waals surface area contributed by atoms with Gasteiger partial charge in [-0.25, -0.2) is 14.4 Å². The molecule has 1 aliphatic rings. The fourth-order valence-electron chi connectivity index (χ4n) is 2.47. The summed E-state index contributed by atoms with van der Waals surface area (Å²) in [5, 5.41) is 13.0. The molecule has 24 heavy (non-hydrogen) atoms. The van der Waals surface area contributed by atoms with Crippen molar-refractivity contribution in [1.29, 1.82) is 0 Å². The summed E-state index contributed by atoms with van der Waals surface area (Å²) in [5.74, 6) is -0.527. The number of carbonyl (C=O) groups is 1. The summed E-state index contributed by atoms with van der Waals surface area (Å²) in [6.45, 7) is 1.88. The van der Waals surface area contributed by atoms with Gasteiger partial charge >= 0.3 is 0 Å². The van der Waals surface area contributed by atoms with Crippen molar-refractivity contribution in [2.24, 2.45) is 5.92 Å². The van der Waals surface area contributed by atoms with E-state index in [4.69, 9.17) is 0 Å². The maximum Gasteiger partial charge on any atom is 0.272 e. The molecule has 2 aromatic rings. The molecule has 3 rings (SSSR count). The Morgan fingerprint density at radius 1 is 1.42 bits per heavy atom. The molecule has 1 atom stereocenters. The summed E-state index contributed by atoms with van der Waals surface area (Å²) in [7, 11) is 0. The lowest BCUT2D eigenvalue weighted by Gasteiger charge is -2.23. The normalized spacial score (nSPS) is 16.5. The number of hydrogen-bond donors (Lipinski definition) is 2. The third-order valence-corrected chi connectivity index (χ3v) is 4.73. The molecule has 1 amide bonds. The third-order valence-electron chi connectivity index (χ3n) is 4.15. The van der Waals surface area contributed by atoms with Gasteiger partial charge in [0.05, 0.1) is 17.5 Å². The van der Waals surface area contributed by atoms with E-state index in [1.165, 1.54) is 18.3 Å². The van der Waals surface area contributed by atoms with E-state index in [0.717, 1.165) is 12.8 Å². The number of hydrogen-bond acceptors (Lipinski definition) is 4. The summed E-state index contributed by atoms with van der Waals surface area (Å²) in [6.07, 6.45) is 3.47. The van der Waals surface area contributed by atoms with Crippen molar-refractivity contribution < 1.29 is 14.3 Å². The number of carbonyl (C=O) groups excluding carboxylic acids is 1. The lowest BCUT2D eigenvalue weighted by Crippen LogP contribution is -2.42. The first-order chi connectivity index (χ1) is 11.4. The number of nitrogens with zero attached hydrogens (tertiary/aromatic N) is 2. The molecule has 0 aliphatic heterocycles. The minimum Gasteiger partial charge on any atom is -0.388 e. The highest BCUT2D eigenvalue weighted by Gasteiger charge is 2.40. The lowest BCUT2D eigenvalue weighted by atomic mass is 10.0. The Hall–Kier alpha value is -1.86. The van der Waals surface area contributed by atoms with E-state index in [2.05, 4.69) is 31.2 Å². The van der Waals surface area contributed by atoms with E-state index >= 15 is 0 Å². The molecule has 7 heteroatoms. The van der Waals surface area contributed by atoms with Crippen LogP contribution in [0.2, 0.25) is 0 Å². The van der Waals surface area contributed by atoms with Crippen molar-refractivity contribution in [2.45, 2.75) is 25.4 Å². The Morgan fingerprint density at radius 2 is 2.08 bits per heavy atom. The van der Waals surface area contributed by atoms with Gasteiger partial charge < -0.3 is 10.4 Å². The van der Waals surface area contributed by atoms with E-state index in [-0.39, 0.29) is 24.0 Å². The molecule has 1 heterocycles. The molecule has 0 spiro atoms. The monoisotopic (exact) mass is 393 g/mol. The van der Waals surface area contributed by atoms with Gasteiger partial charge in [-0.05, 0) is 65.9 Å². The molecule has 0 radical (unpaired) electrons. The van der Waals surface area contributed by atoms with Crippen LogP contribution in [-0.2, 0) is 0 Å². The van der Waals surface area contributed by atoms with Crippen LogP contribution in [0.4, 0.5) is 4.39 Å². The Balaban J connectivity index is 1.78. The van der Waals surface area contributed by atoms with Gasteiger partial charge in [0.15, 0.2) is 5.69 Å². The van der Waals surface area contributed by atoms with Gasteiger partial charge in [-0.1, -0.05) is 0 Å².